The van der Waals surface area contributed by atoms with Crippen LogP contribution in [0.3, 0.4) is 0 Å². The van der Waals surface area contributed by atoms with Crippen LogP contribution in [0.5, 0.6) is 0 Å². The van der Waals surface area contributed by atoms with E-state index in [9.17, 15) is 4.79 Å². The van der Waals surface area contributed by atoms with Gasteiger partial charge in [0.15, 0.2) is 0 Å². The molecule has 6 nitrogen and oxygen atoms in total. The highest BCUT2D eigenvalue weighted by Gasteiger charge is 2.31. The molecular weight excluding hydrogens is 316 g/mol. The number of aromatic amines is 1. The fourth-order valence-corrected chi connectivity index (χ4v) is 4.03. The van der Waals surface area contributed by atoms with Crippen LogP contribution in [-0.2, 0) is 9.53 Å². The first-order valence-electron chi connectivity index (χ1n) is 9.80. The number of piperidine rings is 1. The van der Waals surface area contributed by atoms with E-state index in [0.717, 1.165) is 38.4 Å². The second-order valence-corrected chi connectivity index (χ2v) is 7.64. The molecule has 2 fully saturated rings. The van der Waals surface area contributed by atoms with Gasteiger partial charge in [-0.05, 0) is 38.5 Å². The molecule has 2 atom stereocenters. The van der Waals surface area contributed by atoms with Crippen LogP contribution >= 0.6 is 0 Å². The summed E-state index contributed by atoms with van der Waals surface area (Å²) in [4.78, 5) is 22.1. The summed E-state index contributed by atoms with van der Waals surface area (Å²) in [6.45, 7) is 4.16. The lowest BCUT2D eigenvalue weighted by molar-refractivity contribution is -0.137. The maximum Gasteiger partial charge on any atom is 0.242 e. The molecule has 0 radical (unpaired) electrons. The number of likely N-dealkylation sites (tertiary alicyclic amines) is 1. The molecule has 0 aromatic carbocycles. The van der Waals surface area contributed by atoms with E-state index in [1.807, 2.05) is 18.0 Å². The minimum atomic E-state index is -0.566. The molecular formula is C19H32N4O2. The molecule has 2 heterocycles. The van der Waals surface area contributed by atoms with Gasteiger partial charge in [-0.2, -0.15) is 0 Å². The van der Waals surface area contributed by atoms with Crippen molar-refractivity contribution in [2.45, 2.75) is 69.9 Å². The highest BCUT2D eigenvalue weighted by atomic mass is 16.5. The first-order chi connectivity index (χ1) is 12.1. The summed E-state index contributed by atoms with van der Waals surface area (Å²) in [7, 11) is 0. The first kappa shape index (κ1) is 18.4. The molecule has 6 heteroatoms. The molecule has 0 spiro atoms. The van der Waals surface area contributed by atoms with Gasteiger partial charge < -0.3 is 20.4 Å². The van der Waals surface area contributed by atoms with Gasteiger partial charge in [-0.15, -0.1) is 0 Å². The number of carbonyl (C=O) groups is 1. The smallest absolute Gasteiger partial charge is 0.242 e. The average molecular weight is 348 g/mol. The standard InChI is InChI=1S/C19H32N4O2/c1-14(25-13-15-5-3-2-4-6-15)17(20)19(24)23-11-7-16(8-12-23)18-21-9-10-22-18/h9-10,14-17H,2-8,11-13,20H2,1H3,(H,21,22)/t14-,17+/m1/s1. The summed E-state index contributed by atoms with van der Waals surface area (Å²) in [6.07, 6.45) is 11.7. The molecule has 1 aliphatic heterocycles. The van der Waals surface area contributed by atoms with Gasteiger partial charge in [-0.3, -0.25) is 4.79 Å². The summed E-state index contributed by atoms with van der Waals surface area (Å²) in [6, 6.07) is -0.566. The fourth-order valence-electron chi connectivity index (χ4n) is 4.03. The van der Waals surface area contributed by atoms with E-state index >= 15 is 0 Å². The third-order valence-electron chi connectivity index (χ3n) is 5.82. The number of hydrogen-bond donors (Lipinski definition) is 2. The third kappa shape index (κ3) is 4.82. The Labute approximate surface area is 150 Å². The lowest BCUT2D eigenvalue weighted by Crippen LogP contribution is -2.52. The molecule has 2 aliphatic rings. The van der Waals surface area contributed by atoms with Gasteiger partial charge in [0.2, 0.25) is 5.91 Å². The van der Waals surface area contributed by atoms with Crippen molar-refractivity contribution in [2.75, 3.05) is 19.7 Å². The zero-order valence-electron chi connectivity index (χ0n) is 15.3. The Morgan fingerprint density at radius 2 is 2.04 bits per heavy atom. The molecule has 0 bridgehead atoms. The van der Waals surface area contributed by atoms with Crippen LogP contribution in [0.4, 0.5) is 0 Å². The monoisotopic (exact) mass is 348 g/mol. The molecule has 140 valence electrons. The van der Waals surface area contributed by atoms with Crippen molar-refractivity contribution in [2.24, 2.45) is 11.7 Å². The Balaban J connectivity index is 1.42. The maximum absolute atomic E-state index is 12.7. The quantitative estimate of drug-likeness (QED) is 0.827. The first-order valence-corrected chi connectivity index (χ1v) is 9.80. The third-order valence-corrected chi connectivity index (χ3v) is 5.82. The van der Waals surface area contributed by atoms with Gasteiger partial charge in [0, 0.05) is 38.0 Å². The number of amides is 1. The van der Waals surface area contributed by atoms with Crippen molar-refractivity contribution < 1.29 is 9.53 Å². The Hall–Kier alpha value is -1.40. The van der Waals surface area contributed by atoms with Gasteiger partial charge >= 0.3 is 0 Å². The number of nitrogens with one attached hydrogen (secondary N) is 1. The van der Waals surface area contributed by atoms with Crippen LogP contribution in [0.15, 0.2) is 12.4 Å². The zero-order chi connectivity index (χ0) is 17.6. The van der Waals surface area contributed by atoms with E-state index in [-0.39, 0.29) is 12.0 Å². The Kier molecular flexibility index (Phi) is 6.48. The number of imidazole rings is 1. The van der Waals surface area contributed by atoms with Crippen molar-refractivity contribution in [3.63, 3.8) is 0 Å². The maximum atomic E-state index is 12.7. The van der Waals surface area contributed by atoms with E-state index in [4.69, 9.17) is 10.5 Å². The number of carbonyl (C=O) groups excluding carboxylic acids is 1. The van der Waals surface area contributed by atoms with Gasteiger partial charge in [0.25, 0.3) is 0 Å². The molecule has 3 rings (SSSR count). The number of hydrogen-bond acceptors (Lipinski definition) is 4. The fraction of sp³-hybridized carbons (Fsp3) is 0.789. The van der Waals surface area contributed by atoms with E-state index in [1.54, 1.807) is 6.20 Å². The number of H-pyrrole nitrogens is 1. The zero-order valence-corrected chi connectivity index (χ0v) is 15.3. The predicted octanol–water partition coefficient (Wildman–Crippen LogP) is 2.43. The highest BCUT2D eigenvalue weighted by Crippen LogP contribution is 2.26. The van der Waals surface area contributed by atoms with Crippen molar-refractivity contribution >= 4 is 5.91 Å². The second kappa shape index (κ2) is 8.81. The molecule has 0 unspecified atom stereocenters. The van der Waals surface area contributed by atoms with Gasteiger partial charge in [0.1, 0.15) is 11.9 Å². The van der Waals surface area contributed by atoms with Crippen LogP contribution < -0.4 is 5.73 Å². The lowest BCUT2D eigenvalue weighted by atomic mass is 9.90. The van der Waals surface area contributed by atoms with Crippen molar-refractivity contribution in [1.29, 1.82) is 0 Å². The number of rotatable bonds is 6. The van der Waals surface area contributed by atoms with Crippen LogP contribution in [0, 0.1) is 5.92 Å². The predicted molar refractivity (Wildman–Crippen MR) is 97.1 cm³/mol. The molecule has 25 heavy (non-hydrogen) atoms. The minimum Gasteiger partial charge on any atom is -0.376 e. The second-order valence-electron chi connectivity index (χ2n) is 7.64. The summed E-state index contributed by atoms with van der Waals surface area (Å²) in [5.74, 6) is 2.10. The number of ether oxygens (including phenoxy) is 1. The minimum absolute atomic E-state index is 0.0223. The lowest BCUT2D eigenvalue weighted by Gasteiger charge is -2.34. The van der Waals surface area contributed by atoms with E-state index in [1.165, 1.54) is 32.1 Å². The number of nitrogens with two attached hydrogens (primary N) is 1. The normalized spacial score (nSPS) is 22.7. The highest BCUT2D eigenvalue weighted by molar-refractivity contribution is 5.82. The van der Waals surface area contributed by atoms with E-state index in [0.29, 0.717) is 11.8 Å². The van der Waals surface area contributed by atoms with Crippen LogP contribution in [0.1, 0.15) is 63.6 Å². The summed E-state index contributed by atoms with van der Waals surface area (Å²) in [5.41, 5.74) is 6.20. The molecule has 3 N–H and O–H groups in total. The van der Waals surface area contributed by atoms with Crippen molar-refractivity contribution in [1.82, 2.24) is 14.9 Å². The largest absolute Gasteiger partial charge is 0.376 e. The topological polar surface area (TPSA) is 84.2 Å². The summed E-state index contributed by atoms with van der Waals surface area (Å²) in [5, 5.41) is 0. The molecule has 1 saturated heterocycles. The van der Waals surface area contributed by atoms with Crippen LogP contribution in [0.25, 0.3) is 0 Å². The summed E-state index contributed by atoms with van der Waals surface area (Å²) >= 11 is 0. The Morgan fingerprint density at radius 3 is 2.68 bits per heavy atom. The number of aromatic nitrogens is 2. The SMILES string of the molecule is C[C@@H](OCC1CCCCC1)[C@H](N)C(=O)N1CCC(c2ncc[nH]2)CC1. The van der Waals surface area contributed by atoms with Crippen LogP contribution in [0.2, 0.25) is 0 Å². The van der Waals surface area contributed by atoms with E-state index < -0.39 is 6.04 Å². The average Bonchev–Trinajstić information content (AvgIpc) is 3.20. The Morgan fingerprint density at radius 1 is 1.32 bits per heavy atom. The van der Waals surface area contributed by atoms with Gasteiger partial charge in [0.05, 0.1) is 6.10 Å². The number of nitrogens with zero attached hydrogens (tertiary/aromatic N) is 2. The van der Waals surface area contributed by atoms with Crippen molar-refractivity contribution in [3.8, 4) is 0 Å². The molecule has 1 aliphatic carbocycles. The van der Waals surface area contributed by atoms with Gasteiger partial charge in [-0.1, -0.05) is 19.3 Å². The molecule has 1 aromatic rings. The van der Waals surface area contributed by atoms with Gasteiger partial charge in [-0.25, -0.2) is 4.98 Å². The Bertz CT molecular complexity index is 520. The molecule has 1 aromatic heterocycles. The molecule has 1 amide bonds. The van der Waals surface area contributed by atoms with Crippen LogP contribution in [-0.4, -0.2) is 52.6 Å². The van der Waals surface area contributed by atoms with Crippen molar-refractivity contribution in [3.05, 3.63) is 18.2 Å². The molecule has 1 saturated carbocycles. The van der Waals surface area contributed by atoms with E-state index in [2.05, 4.69) is 9.97 Å². The summed E-state index contributed by atoms with van der Waals surface area (Å²) < 4.78 is 5.95.